The molecule has 1 aromatic heterocycles. The summed E-state index contributed by atoms with van der Waals surface area (Å²) in [4.78, 5) is 4.59. The number of hydrogen-bond donors (Lipinski definition) is 0. The summed E-state index contributed by atoms with van der Waals surface area (Å²) >= 11 is 12.5. The van der Waals surface area contributed by atoms with Crippen LogP contribution in [0, 0.1) is 12.7 Å². The fourth-order valence-electron chi connectivity index (χ4n) is 2.49. The van der Waals surface area contributed by atoms with E-state index in [0.717, 1.165) is 16.6 Å². The zero-order valence-corrected chi connectivity index (χ0v) is 13.1. The lowest BCUT2D eigenvalue weighted by molar-refractivity contribution is 0.627. The number of aryl methyl sites for hydroxylation is 1. The predicted octanol–water partition coefficient (Wildman–Crippen LogP) is 5.43. The molecule has 0 radical (unpaired) electrons. The Morgan fingerprint density at radius 3 is 2.67 bits per heavy atom. The van der Waals surface area contributed by atoms with Gasteiger partial charge in [-0.15, -0.1) is 11.6 Å². The van der Waals surface area contributed by atoms with Crippen molar-refractivity contribution in [1.29, 1.82) is 0 Å². The summed E-state index contributed by atoms with van der Waals surface area (Å²) in [5.41, 5.74) is 3.52. The molecule has 0 fully saturated rings. The van der Waals surface area contributed by atoms with E-state index in [1.807, 2.05) is 36.6 Å². The Kier molecular flexibility index (Phi) is 3.64. The number of alkyl halides is 1. The van der Waals surface area contributed by atoms with Gasteiger partial charge < -0.3 is 0 Å². The lowest BCUT2D eigenvalue weighted by atomic mass is 10.2. The van der Waals surface area contributed by atoms with E-state index in [0.29, 0.717) is 16.5 Å². The van der Waals surface area contributed by atoms with Gasteiger partial charge in [0.1, 0.15) is 11.6 Å². The number of rotatable bonds is 2. The molecule has 1 atom stereocenters. The van der Waals surface area contributed by atoms with Crippen LogP contribution in [0.25, 0.3) is 16.7 Å². The Morgan fingerprint density at radius 1 is 1.24 bits per heavy atom. The fraction of sp³-hybridized carbons (Fsp3) is 0.188. The van der Waals surface area contributed by atoms with E-state index in [1.54, 1.807) is 6.07 Å². The van der Waals surface area contributed by atoms with Gasteiger partial charge in [0.15, 0.2) is 0 Å². The summed E-state index contributed by atoms with van der Waals surface area (Å²) < 4.78 is 15.2. The molecule has 2 nitrogen and oxygen atoms in total. The van der Waals surface area contributed by atoms with Gasteiger partial charge in [-0.25, -0.2) is 9.37 Å². The number of para-hydroxylation sites is 1. The van der Waals surface area contributed by atoms with E-state index < -0.39 is 0 Å². The largest absolute Gasteiger partial charge is 0.293 e. The predicted molar refractivity (Wildman–Crippen MR) is 85.0 cm³/mol. The number of halogens is 3. The minimum absolute atomic E-state index is 0.294. The summed E-state index contributed by atoms with van der Waals surface area (Å²) in [6, 6.07) is 10.2. The zero-order chi connectivity index (χ0) is 15.1. The van der Waals surface area contributed by atoms with Gasteiger partial charge in [0.25, 0.3) is 0 Å². The van der Waals surface area contributed by atoms with Crippen LogP contribution < -0.4 is 0 Å². The highest BCUT2D eigenvalue weighted by atomic mass is 35.5. The summed E-state index contributed by atoms with van der Waals surface area (Å²) in [7, 11) is 0. The molecule has 0 N–H and O–H groups in total. The van der Waals surface area contributed by atoms with E-state index >= 15 is 0 Å². The van der Waals surface area contributed by atoms with Gasteiger partial charge in [-0.1, -0.05) is 23.7 Å². The monoisotopic (exact) mass is 322 g/mol. The van der Waals surface area contributed by atoms with Gasteiger partial charge in [-0.3, -0.25) is 4.57 Å². The second kappa shape index (κ2) is 5.32. The van der Waals surface area contributed by atoms with Crippen LogP contribution in [-0.4, -0.2) is 9.55 Å². The minimum atomic E-state index is -0.370. The average molecular weight is 323 g/mol. The number of benzene rings is 2. The minimum Gasteiger partial charge on any atom is -0.293 e. The molecule has 3 rings (SSSR count). The van der Waals surface area contributed by atoms with Crippen molar-refractivity contribution < 1.29 is 4.39 Å². The molecule has 0 amide bonds. The van der Waals surface area contributed by atoms with Crippen molar-refractivity contribution in [3.63, 3.8) is 0 Å². The highest BCUT2D eigenvalue weighted by Crippen LogP contribution is 2.33. The molecule has 108 valence electrons. The molecular formula is C16H13Cl2FN2. The first-order valence-corrected chi connectivity index (χ1v) is 7.38. The van der Waals surface area contributed by atoms with Crippen molar-refractivity contribution in [2.45, 2.75) is 19.2 Å². The molecule has 0 aliphatic rings. The van der Waals surface area contributed by atoms with Crippen LogP contribution in [0.1, 0.15) is 23.7 Å². The summed E-state index contributed by atoms with van der Waals surface area (Å²) in [6.07, 6.45) is 0. The van der Waals surface area contributed by atoms with Crippen LogP contribution in [0.3, 0.4) is 0 Å². The normalized spacial score (nSPS) is 12.8. The number of imidazole rings is 1. The maximum atomic E-state index is 13.3. The first kappa shape index (κ1) is 14.4. The van der Waals surface area contributed by atoms with Crippen LogP contribution in [0.15, 0.2) is 36.4 Å². The number of hydrogen-bond acceptors (Lipinski definition) is 1. The van der Waals surface area contributed by atoms with Gasteiger partial charge in [0.2, 0.25) is 0 Å². The highest BCUT2D eigenvalue weighted by molar-refractivity contribution is 6.32. The van der Waals surface area contributed by atoms with Gasteiger partial charge >= 0.3 is 0 Å². The van der Waals surface area contributed by atoms with E-state index in [2.05, 4.69) is 4.98 Å². The number of fused-ring (bicyclic) bond motifs is 1. The topological polar surface area (TPSA) is 17.8 Å². The van der Waals surface area contributed by atoms with E-state index in [4.69, 9.17) is 23.2 Å². The van der Waals surface area contributed by atoms with E-state index in [1.165, 1.54) is 12.1 Å². The Balaban J connectivity index is 2.41. The number of aromatic nitrogens is 2. The summed E-state index contributed by atoms with van der Waals surface area (Å²) in [5.74, 6) is 0.319. The van der Waals surface area contributed by atoms with Crippen molar-refractivity contribution >= 4 is 34.2 Å². The fourth-order valence-corrected chi connectivity index (χ4v) is 2.88. The zero-order valence-electron chi connectivity index (χ0n) is 11.6. The first-order chi connectivity index (χ1) is 9.99. The molecule has 0 bridgehead atoms. The van der Waals surface area contributed by atoms with Crippen molar-refractivity contribution in [3.05, 3.63) is 58.6 Å². The third-order valence-corrected chi connectivity index (χ3v) is 3.91. The Hall–Kier alpha value is -1.58. The summed E-state index contributed by atoms with van der Waals surface area (Å²) in [6.45, 7) is 3.85. The van der Waals surface area contributed by atoms with Gasteiger partial charge in [-0.05, 0) is 43.7 Å². The Labute approximate surface area is 132 Å². The maximum Gasteiger partial charge on any atom is 0.132 e. The van der Waals surface area contributed by atoms with Crippen LogP contribution in [0.4, 0.5) is 4.39 Å². The standard InChI is InChI=1S/C16H13Cl2FN2/c1-9-4-3-5-13-15(9)21(16(20-13)10(2)17)14-7-6-11(19)8-12(14)18/h3-8,10H,1-2H3. The molecule has 0 spiro atoms. The van der Waals surface area contributed by atoms with Crippen molar-refractivity contribution in [2.24, 2.45) is 0 Å². The molecule has 3 aromatic rings. The lowest BCUT2D eigenvalue weighted by Crippen LogP contribution is -2.03. The van der Waals surface area contributed by atoms with Gasteiger partial charge in [0, 0.05) is 0 Å². The van der Waals surface area contributed by atoms with E-state index in [9.17, 15) is 4.39 Å². The molecule has 1 unspecified atom stereocenters. The maximum absolute atomic E-state index is 13.3. The molecular weight excluding hydrogens is 310 g/mol. The highest BCUT2D eigenvalue weighted by Gasteiger charge is 2.19. The van der Waals surface area contributed by atoms with Crippen LogP contribution in [-0.2, 0) is 0 Å². The number of nitrogens with zero attached hydrogens (tertiary/aromatic N) is 2. The molecule has 2 aromatic carbocycles. The third-order valence-electron chi connectivity index (χ3n) is 3.41. The second-order valence-corrected chi connectivity index (χ2v) is 6.02. The van der Waals surface area contributed by atoms with Crippen molar-refractivity contribution in [3.8, 4) is 5.69 Å². The lowest BCUT2D eigenvalue weighted by Gasteiger charge is -2.13. The molecule has 21 heavy (non-hydrogen) atoms. The second-order valence-electron chi connectivity index (χ2n) is 4.96. The van der Waals surface area contributed by atoms with Crippen molar-refractivity contribution in [2.75, 3.05) is 0 Å². The smallest absolute Gasteiger partial charge is 0.132 e. The summed E-state index contributed by atoms with van der Waals surface area (Å²) in [5, 5.41) is 0.0361. The van der Waals surface area contributed by atoms with Crippen LogP contribution in [0.2, 0.25) is 5.02 Å². The molecule has 0 aliphatic heterocycles. The SMILES string of the molecule is Cc1cccc2nc(C(C)Cl)n(-c3ccc(F)cc3Cl)c12. The quantitative estimate of drug-likeness (QED) is 0.575. The van der Waals surface area contributed by atoms with Gasteiger partial charge in [0.05, 0.1) is 27.1 Å². The Bertz CT molecular complexity index is 825. The van der Waals surface area contributed by atoms with Crippen molar-refractivity contribution in [1.82, 2.24) is 9.55 Å². The van der Waals surface area contributed by atoms with Crippen LogP contribution >= 0.6 is 23.2 Å². The average Bonchev–Trinajstić information content (AvgIpc) is 2.80. The molecule has 0 aliphatic carbocycles. The van der Waals surface area contributed by atoms with E-state index in [-0.39, 0.29) is 11.2 Å². The molecule has 1 heterocycles. The first-order valence-electron chi connectivity index (χ1n) is 6.56. The molecule has 0 saturated heterocycles. The molecule has 0 saturated carbocycles. The van der Waals surface area contributed by atoms with Gasteiger partial charge in [-0.2, -0.15) is 0 Å². The molecule has 5 heteroatoms. The third kappa shape index (κ3) is 2.41. The van der Waals surface area contributed by atoms with Crippen LogP contribution in [0.5, 0.6) is 0 Å². The Morgan fingerprint density at radius 2 is 2.00 bits per heavy atom.